The minimum Gasteiger partial charge on any atom is -0.484 e. The number of aromatic nitrogens is 2. The normalized spacial score (nSPS) is 15.3. The summed E-state index contributed by atoms with van der Waals surface area (Å²) < 4.78 is 12.7. The van der Waals surface area contributed by atoms with E-state index >= 15 is 0 Å². The largest absolute Gasteiger partial charge is 0.484 e. The lowest BCUT2D eigenvalue weighted by Gasteiger charge is -2.27. The molecule has 0 saturated heterocycles. The molecule has 1 amide bonds. The molecule has 0 spiro atoms. The van der Waals surface area contributed by atoms with Crippen LogP contribution in [0.5, 0.6) is 5.75 Å². The molecule has 1 aliphatic rings. The summed E-state index contributed by atoms with van der Waals surface area (Å²) in [6.07, 6.45) is 4.89. The van der Waals surface area contributed by atoms with Crippen LogP contribution in [0, 0.1) is 6.92 Å². The lowest BCUT2D eigenvalue weighted by Crippen LogP contribution is -2.25. The number of hydrogen-bond acceptors (Lipinski definition) is 5. The van der Waals surface area contributed by atoms with Crippen molar-refractivity contribution in [3.63, 3.8) is 0 Å². The number of aryl methyl sites for hydroxylation is 2. The number of fused-ring (bicyclic) bond motifs is 2. The zero-order valence-corrected chi connectivity index (χ0v) is 17.7. The predicted molar refractivity (Wildman–Crippen MR) is 121 cm³/mol. The van der Waals surface area contributed by atoms with Gasteiger partial charge < -0.3 is 14.5 Å². The first-order chi connectivity index (χ1) is 15.6. The van der Waals surface area contributed by atoms with E-state index in [1.165, 1.54) is 17.2 Å². The van der Waals surface area contributed by atoms with E-state index in [2.05, 4.69) is 28.6 Å². The van der Waals surface area contributed by atoms with Gasteiger partial charge in [0.1, 0.15) is 17.2 Å². The third-order valence-corrected chi connectivity index (χ3v) is 5.83. The second-order valence-corrected chi connectivity index (χ2v) is 8.02. The Labute approximate surface area is 184 Å². The molecule has 1 unspecified atom stereocenters. The van der Waals surface area contributed by atoms with Gasteiger partial charge in [-0.1, -0.05) is 24.3 Å². The van der Waals surface area contributed by atoms with E-state index in [9.17, 15) is 9.59 Å². The zero-order chi connectivity index (χ0) is 22.1. The lowest BCUT2D eigenvalue weighted by molar-refractivity contribution is -0.118. The summed E-state index contributed by atoms with van der Waals surface area (Å²) in [4.78, 5) is 24.1. The van der Waals surface area contributed by atoms with Gasteiger partial charge in [0.25, 0.3) is 5.91 Å². The van der Waals surface area contributed by atoms with Crippen molar-refractivity contribution in [3.8, 4) is 5.75 Å². The molecule has 7 nitrogen and oxygen atoms in total. The Morgan fingerprint density at radius 3 is 2.97 bits per heavy atom. The van der Waals surface area contributed by atoms with Gasteiger partial charge in [-0.2, -0.15) is 5.10 Å². The van der Waals surface area contributed by atoms with Crippen LogP contribution < -0.4 is 15.7 Å². The number of benzene rings is 2. The SMILES string of the molecule is Cc1cnn(C2CCCc3ccccc32)c1NC(=O)COc1ccc2ccc(=O)oc2c1. The highest BCUT2D eigenvalue weighted by atomic mass is 16.5. The fourth-order valence-corrected chi connectivity index (χ4v) is 4.27. The Hall–Kier alpha value is -3.87. The average molecular weight is 429 g/mol. The zero-order valence-electron chi connectivity index (χ0n) is 17.7. The van der Waals surface area contributed by atoms with Crippen LogP contribution in [0.3, 0.4) is 0 Å². The van der Waals surface area contributed by atoms with Gasteiger partial charge in [0.2, 0.25) is 0 Å². The number of nitrogens with one attached hydrogen (secondary N) is 1. The molecule has 162 valence electrons. The van der Waals surface area contributed by atoms with Crippen LogP contribution in [0.25, 0.3) is 11.0 Å². The molecule has 1 aliphatic carbocycles. The second-order valence-electron chi connectivity index (χ2n) is 8.02. The third kappa shape index (κ3) is 3.89. The molecule has 5 rings (SSSR count). The highest BCUT2D eigenvalue weighted by molar-refractivity contribution is 5.91. The number of carbonyl (C=O) groups excluding carboxylic acids is 1. The van der Waals surface area contributed by atoms with Gasteiger partial charge in [-0.05, 0) is 55.5 Å². The summed E-state index contributed by atoms with van der Waals surface area (Å²) in [5.41, 5.74) is 3.47. The molecule has 1 atom stereocenters. The van der Waals surface area contributed by atoms with Gasteiger partial charge in [-0.25, -0.2) is 9.48 Å². The van der Waals surface area contributed by atoms with Crippen LogP contribution >= 0.6 is 0 Å². The third-order valence-electron chi connectivity index (χ3n) is 5.83. The molecule has 0 bridgehead atoms. The summed E-state index contributed by atoms with van der Waals surface area (Å²) in [6, 6.07) is 16.7. The standard InChI is InChI=1S/C25H23N3O4/c1-16-14-26-28(21-8-4-6-17-5-2-3-7-20(17)21)25(16)27-23(29)15-31-19-11-9-18-10-12-24(30)32-22(18)13-19/h2-3,5,7,9-14,21H,4,6,8,15H2,1H3,(H,27,29). The van der Waals surface area contributed by atoms with Crippen molar-refractivity contribution in [1.82, 2.24) is 9.78 Å². The summed E-state index contributed by atoms with van der Waals surface area (Å²) >= 11 is 0. The van der Waals surface area contributed by atoms with E-state index in [0.29, 0.717) is 17.2 Å². The van der Waals surface area contributed by atoms with Crippen LogP contribution in [-0.2, 0) is 11.2 Å². The molecule has 0 saturated carbocycles. The van der Waals surface area contributed by atoms with E-state index in [0.717, 1.165) is 30.2 Å². The van der Waals surface area contributed by atoms with Gasteiger partial charge in [-0.3, -0.25) is 4.79 Å². The molecule has 2 aromatic carbocycles. The van der Waals surface area contributed by atoms with Crippen LogP contribution in [0.2, 0.25) is 0 Å². The Morgan fingerprint density at radius 2 is 2.06 bits per heavy atom. The molecule has 2 heterocycles. The van der Waals surface area contributed by atoms with E-state index in [4.69, 9.17) is 9.15 Å². The smallest absolute Gasteiger partial charge is 0.336 e. The molecule has 2 aromatic heterocycles. The fourth-order valence-electron chi connectivity index (χ4n) is 4.27. The average Bonchev–Trinajstić information content (AvgIpc) is 3.16. The number of nitrogens with zero attached hydrogens (tertiary/aromatic N) is 2. The summed E-state index contributed by atoms with van der Waals surface area (Å²) in [5.74, 6) is 0.854. The lowest BCUT2D eigenvalue weighted by atomic mass is 9.88. The predicted octanol–water partition coefficient (Wildman–Crippen LogP) is 4.24. The number of ether oxygens (including phenoxy) is 1. The topological polar surface area (TPSA) is 86.4 Å². The number of anilines is 1. The summed E-state index contributed by atoms with van der Waals surface area (Å²) in [7, 11) is 0. The first kappa shape index (κ1) is 20.1. The van der Waals surface area contributed by atoms with Crippen LogP contribution in [-0.4, -0.2) is 22.3 Å². The Bertz CT molecular complexity index is 1350. The number of amides is 1. The van der Waals surface area contributed by atoms with E-state index in [-0.39, 0.29) is 18.6 Å². The fraction of sp³-hybridized carbons (Fsp3) is 0.240. The number of carbonyl (C=O) groups is 1. The maximum atomic E-state index is 12.7. The highest BCUT2D eigenvalue weighted by Gasteiger charge is 2.25. The maximum absolute atomic E-state index is 12.7. The van der Waals surface area contributed by atoms with Crippen molar-refractivity contribution >= 4 is 22.7 Å². The van der Waals surface area contributed by atoms with Crippen molar-refractivity contribution < 1.29 is 13.9 Å². The molecular formula is C25H23N3O4. The number of rotatable bonds is 5. The van der Waals surface area contributed by atoms with Gasteiger partial charge in [0.15, 0.2) is 6.61 Å². The Kier molecular flexibility index (Phi) is 5.23. The summed E-state index contributed by atoms with van der Waals surface area (Å²) in [6.45, 7) is 1.76. The molecule has 4 aromatic rings. The first-order valence-electron chi connectivity index (χ1n) is 10.7. The highest BCUT2D eigenvalue weighted by Crippen LogP contribution is 2.35. The van der Waals surface area contributed by atoms with E-state index < -0.39 is 5.63 Å². The Morgan fingerprint density at radius 1 is 1.22 bits per heavy atom. The van der Waals surface area contributed by atoms with Crippen molar-refractivity contribution in [1.29, 1.82) is 0 Å². The van der Waals surface area contributed by atoms with Crippen molar-refractivity contribution in [2.24, 2.45) is 0 Å². The van der Waals surface area contributed by atoms with Crippen molar-refractivity contribution in [2.45, 2.75) is 32.2 Å². The first-order valence-corrected chi connectivity index (χ1v) is 10.7. The van der Waals surface area contributed by atoms with Gasteiger partial charge in [-0.15, -0.1) is 0 Å². The Balaban J connectivity index is 1.32. The second kappa shape index (κ2) is 8.34. The van der Waals surface area contributed by atoms with Crippen LogP contribution in [0.1, 0.15) is 35.6 Å². The van der Waals surface area contributed by atoms with Crippen molar-refractivity contribution in [2.75, 3.05) is 11.9 Å². The molecule has 0 aliphatic heterocycles. The van der Waals surface area contributed by atoms with Crippen LogP contribution in [0.15, 0.2) is 70.0 Å². The van der Waals surface area contributed by atoms with E-state index in [1.807, 2.05) is 17.7 Å². The monoisotopic (exact) mass is 429 g/mol. The molecule has 0 radical (unpaired) electrons. The van der Waals surface area contributed by atoms with Crippen molar-refractivity contribution in [3.05, 3.63) is 87.9 Å². The minimum atomic E-state index is -0.430. The van der Waals surface area contributed by atoms with Gasteiger partial charge >= 0.3 is 5.63 Å². The van der Waals surface area contributed by atoms with Gasteiger partial charge in [0.05, 0.1) is 12.2 Å². The van der Waals surface area contributed by atoms with Gasteiger partial charge in [0, 0.05) is 23.1 Å². The molecule has 0 fully saturated rings. The minimum absolute atomic E-state index is 0.0910. The molecule has 7 heteroatoms. The molecular weight excluding hydrogens is 406 g/mol. The maximum Gasteiger partial charge on any atom is 0.336 e. The molecule has 32 heavy (non-hydrogen) atoms. The summed E-state index contributed by atoms with van der Waals surface area (Å²) in [5, 5.41) is 8.32. The molecule has 1 N–H and O–H groups in total. The quantitative estimate of drug-likeness (QED) is 0.480. The number of hydrogen-bond donors (Lipinski definition) is 1. The van der Waals surface area contributed by atoms with Crippen LogP contribution in [0.4, 0.5) is 5.82 Å². The van der Waals surface area contributed by atoms with E-state index in [1.54, 1.807) is 30.5 Å².